The first-order chi connectivity index (χ1) is 17.4. The minimum atomic E-state index is -0.00553. The number of hydrogen-bond donors (Lipinski definition) is 0. The molecule has 1 aromatic heterocycles. The molecule has 0 unspecified atom stereocenters. The minimum absolute atomic E-state index is 0.00553. The Kier molecular flexibility index (Phi) is 7.24. The second kappa shape index (κ2) is 10.6. The number of para-hydroxylation sites is 1. The molecule has 36 heavy (non-hydrogen) atoms. The number of benzene rings is 3. The van der Waals surface area contributed by atoms with E-state index in [1.165, 1.54) is 17.3 Å². The van der Waals surface area contributed by atoms with Crippen LogP contribution in [0.4, 0.5) is 5.69 Å². The Morgan fingerprint density at radius 2 is 1.78 bits per heavy atom. The maximum atomic E-state index is 13.4. The second-order valence-corrected chi connectivity index (χ2v) is 10.6. The third-order valence-electron chi connectivity index (χ3n) is 6.04. The summed E-state index contributed by atoms with van der Waals surface area (Å²) < 4.78 is 2.18. The molecule has 2 heterocycles. The lowest BCUT2D eigenvalue weighted by Gasteiger charge is -2.13. The van der Waals surface area contributed by atoms with Crippen molar-refractivity contribution in [3.63, 3.8) is 0 Å². The van der Waals surface area contributed by atoms with Gasteiger partial charge >= 0.3 is 0 Å². The molecule has 0 radical (unpaired) electrons. The van der Waals surface area contributed by atoms with E-state index in [2.05, 4.69) is 29.8 Å². The molecule has 1 amide bonds. The van der Waals surface area contributed by atoms with Crippen LogP contribution in [-0.2, 0) is 11.3 Å². The molecule has 0 N–H and O–H groups in total. The predicted octanol–water partition coefficient (Wildman–Crippen LogP) is 8.32. The number of carbonyl (C=O) groups excluding carboxylic acids is 1. The van der Waals surface area contributed by atoms with Gasteiger partial charge < -0.3 is 4.57 Å². The van der Waals surface area contributed by atoms with Gasteiger partial charge in [0.25, 0.3) is 5.91 Å². The first kappa shape index (κ1) is 24.7. The number of hydrogen-bond acceptors (Lipinski definition) is 3. The Bertz CT molecular complexity index is 1500. The van der Waals surface area contributed by atoms with Gasteiger partial charge in [-0.25, -0.2) is 4.99 Å². The third kappa shape index (κ3) is 5.10. The highest BCUT2D eigenvalue weighted by Crippen LogP contribution is 2.36. The summed E-state index contributed by atoms with van der Waals surface area (Å²) in [7, 11) is 0. The zero-order valence-corrected chi connectivity index (χ0v) is 22.4. The summed E-state index contributed by atoms with van der Waals surface area (Å²) in [5.41, 5.74) is 5.16. The molecule has 3 aromatic carbocycles. The number of carbonyl (C=O) groups is 1. The summed E-state index contributed by atoms with van der Waals surface area (Å²) in [6, 6.07) is 21.9. The monoisotopic (exact) mass is 533 g/mol. The van der Waals surface area contributed by atoms with Crippen LogP contribution in [0.25, 0.3) is 17.0 Å². The van der Waals surface area contributed by atoms with Gasteiger partial charge in [0.1, 0.15) is 0 Å². The Labute approximate surface area is 225 Å². The molecule has 182 valence electrons. The van der Waals surface area contributed by atoms with Gasteiger partial charge in [0.2, 0.25) is 0 Å². The number of fused-ring (bicyclic) bond motifs is 1. The van der Waals surface area contributed by atoms with Crippen molar-refractivity contribution in [3.05, 3.63) is 105 Å². The zero-order chi connectivity index (χ0) is 25.2. The average molecular weight is 535 g/mol. The van der Waals surface area contributed by atoms with Crippen LogP contribution < -0.4 is 0 Å². The number of rotatable bonds is 6. The molecular formula is C29H25Cl2N3OS. The van der Waals surface area contributed by atoms with Crippen LogP contribution in [0.1, 0.15) is 30.0 Å². The molecule has 4 nitrogen and oxygen atoms in total. The van der Waals surface area contributed by atoms with Gasteiger partial charge in [-0.15, -0.1) is 0 Å². The maximum absolute atomic E-state index is 13.4. The molecule has 1 fully saturated rings. The molecule has 0 saturated carbocycles. The number of halogens is 2. The third-order valence-corrected chi connectivity index (χ3v) is 7.78. The molecule has 0 bridgehead atoms. The molecule has 7 heteroatoms. The smallest absolute Gasteiger partial charge is 0.266 e. The molecule has 4 aromatic rings. The Morgan fingerprint density at radius 1 is 1.00 bits per heavy atom. The summed E-state index contributed by atoms with van der Waals surface area (Å²) in [5, 5.41) is 2.89. The summed E-state index contributed by atoms with van der Waals surface area (Å²) in [5.74, 6) is -0.00553. The van der Waals surface area contributed by atoms with Crippen molar-refractivity contribution < 1.29 is 4.79 Å². The van der Waals surface area contributed by atoms with Gasteiger partial charge in [-0.3, -0.25) is 9.69 Å². The summed E-state index contributed by atoms with van der Waals surface area (Å²) in [6.07, 6.45) is 4.93. The Morgan fingerprint density at radius 3 is 2.53 bits per heavy atom. The van der Waals surface area contributed by atoms with E-state index in [0.717, 1.165) is 39.3 Å². The lowest BCUT2D eigenvalue weighted by atomic mass is 10.1. The van der Waals surface area contributed by atoms with Crippen molar-refractivity contribution >= 4 is 68.7 Å². The fraction of sp³-hybridized carbons (Fsp3) is 0.172. The normalized spacial score (nSPS) is 16.1. The fourth-order valence-corrected chi connectivity index (χ4v) is 5.58. The summed E-state index contributed by atoms with van der Waals surface area (Å²) in [4.78, 5) is 20.6. The summed E-state index contributed by atoms with van der Waals surface area (Å²) in [6.45, 7) is 5.39. The van der Waals surface area contributed by atoms with E-state index < -0.39 is 0 Å². The average Bonchev–Trinajstić information content (AvgIpc) is 3.36. The SMILES string of the molecule is CCCN1C(=O)/C(=C\c2cn(Cc3ccc(Cl)c(Cl)c3)c3ccccc23)SC1=Nc1ccc(C)cc1. The van der Waals surface area contributed by atoms with E-state index in [0.29, 0.717) is 28.0 Å². The van der Waals surface area contributed by atoms with E-state index in [9.17, 15) is 4.79 Å². The van der Waals surface area contributed by atoms with Crippen LogP contribution in [-0.4, -0.2) is 27.1 Å². The van der Waals surface area contributed by atoms with Crippen LogP contribution in [0.3, 0.4) is 0 Å². The largest absolute Gasteiger partial charge is 0.342 e. The molecule has 1 aliphatic rings. The molecule has 1 saturated heterocycles. The Hall–Kier alpha value is -2.99. The number of aromatic nitrogens is 1. The first-order valence-electron chi connectivity index (χ1n) is 11.8. The standard InChI is InChI=1S/C29H25Cl2N3OS/c1-3-14-34-28(35)27(36-29(34)32-22-11-8-19(2)9-12-22)16-21-18-33(26-7-5-4-6-23(21)26)17-20-10-13-24(30)25(31)15-20/h4-13,15-16,18H,3,14,17H2,1-2H3/b27-16+,32-29?. The van der Waals surface area contributed by atoms with Gasteiger partial charge in [-0.05, 0) is 67.1 Å². The number of amidine groups is 1. The van der Waals surface area contributed by atoms with Crippen LogP contribution in [0.5, 0.6) is 0 Å². The van der Waals surface area contributed by atoms with Crippen LogP contribution in [0.15, 0.2) is 82.8 Å². The highest BCUT2D eigenvalue weighted by atomic mass is 35.5. The van der Waals surface area contributed by atoms with Gasteiger partial charge in [0, 0.05) is 35.8 Å². The number of aliphatic imine (C=N–C) groups is 1. The Balaban J connectivity index is 1.51. The second-order valence-electron chi connectivity index (χ2n) is 8.78. The molecule has 0 atom stereocenters. The molecular weight excluding hydrogens is 509 g/mol. The maximum Gasteiger partial charge on any atom is 0.266 e. The van der Waals surface area contributed by atoms with Gasteiger partial charge in [0.05, 0.1) is 20.6 Å². The lowest BCUT2D eigenvalue weighted by Crippen LogP contribution is -2.29. The van der Waals surface area contributed by atoms with Gasteiger partial charge in [-0.1, -0.05) is 72.1 Å². The molecule has 0 spiro atoms. The predicted molar refractivity (Wildman–Crippen MR) is 153 cm³/mol. The van der Waals surface area contributed by atoms with E-state index >= 15 is 0 Å². The van der Waals surface area contributed by atoms with Crippen molar-refractivity contribution in [1.82, 2.24) is 9.47 Å². The topological polar surface area (TPSA) is 37.6 Å². The van der Waals surface area contributed by atoms with E-state index in [-0.39, 0.29) is 5.91 Å². The zero-order valence-electron chi connectivity index (χ0n) is 20.0. The highest BCUT2D eigenvalue weighted by molar-refractivity contribution is 8.18. The highest BCUT2D eigenvalue weighted by Gasteiger charge is 2.33. The quantitative estimate of drug-likeness (QED) is 0.233. The van der Waals surface area contributed by atoms with Crippen LogP contribution >= 0.6 is 35.0 Å². The van der Waals surface area contributed by atoms with Crippen molar-refractivity contribution in [3.8, 4) is 0 Å². The minimum Gasteiger partial charge on any atom is -0.342 e. The molecule has 5 rings (SSSR count). The van der Waals surface area contributed by atoms with E-state index in [1.54, 1.807) is 4.90 Å². The first-order valence-corrected chi connectivity index (χ1v) is 13.4. The van der Waals surface area contributed by atoms with Crippen molar-refractivity contribution in [2.75, 3.05) is 6.54 Å². The molecule has 0 aliphatic carbocycles. The number of amides is 1. The van der Waals surface area contributed by atoms with Crippen molar-refractivity contribution in [2.24, 2.45) is 4.99 Å². The lowest BCUT2D eigenvalue weighted by molar-refractivity contribution is -0.122. The van der Waals surface area contributed by atoms with E-state index in [1.807, 2.05) is 67.6 Å². The number of thioether (sulfide) groups is 1. The number of aryl methyl sites for hydroxylation is 1. The van der Waals surface area contributed by atoms with Crippen molar-refractivity contribution in [2.45, 2.75) is 26.8 Å². The van der Waals surface area contributed by atoms with Crippen LogP contribution in [0.2, 0.25) is 10.0 Å². The van der Waals surface area contributed by atoms with Crippen LogP contribution in [0, 0.1) is 6.92 Å². The summed E-state index contributed by atoms with van der Waals surface area (Å²) >= 11 is 13.8. The van der Waals surface area contributed by atoms with Gasteiger partial charge in [0.15, 0.2) is 5.17 Å². The number of nitrogens with zero attached hydrogens (tertiary/aromatic N) is 3. The van der Waals surface area contributed by atoms with Gasteiger partial charge in [-0.2, -0.15) is 0 Å². The fourth-order valence-electron chi connectivity index (χ4n) is 4.24. The van der Waals surface area contributed by atoms with Crippen molar-refractivity contribution in [1.29, 1.82) is 0 Å². The molecule has 1 aliphatic heterocycles. The van der Waals surface area contributed by atoms with E-state index in [4.69, 9.17) is 28.2 Å².